The highest BCUT2D eigenvalue weighted by molar-refractivity contribution is 5.04. The average Bonchev–Trinajstić information content (AvgIpc) is 2.19. The Morgan fingerprint density at radius 3 is 2.55 bits per heavy atom. The van der Waals surface area contributed by atoms with Crippen LogP contribution in [0.5, 0.6) is 0 Å². The molecule has 4 heteroatoms. The van der Waals surface area contributed by atoms with Crippen molar-refractivity contribution in [3.05, 3.63) is 0 Å². The van der Waals surface area contributed by atoms with E-state index in [4.69, 9.17) is 0 Å². The molecule has 0 unspecified atom stereocenters. The standard InChI is InChI=1S/C7H13NO3/c9-5-2-1-4-3-6(10)7(5,11)8-4/h4-6,8-11H,1-3H2/t4-,5-,6-,7-/m1/s1. The molecule has 0 aromatic heterocycles. The summed E-state index contributed by atoms with van der Waals surface area (Å²) in [5, 5.41) is 31.2. The minimum Gasteiger partial charge on any atom is -0.389 e. The fourth-order valence-electron chi connectivity index (χ4n) is 2.02. The molecule has 2 aliphatic rings. The second-order valence-electron chi connectivity index (χ2n) is 3.51. The molecule has 0 saturated carbocycles. The summed E-state index contributed by atoms with van der Waals surface area (Å²) in [5.74, 6) is 0. The first-order chi connectivity index (χ1) is 5.13. The molecular weight excluding hydrogens is 146 g/mol. The molecule has 0 spiro atoms. The molecule has 4 nitrogen and oxygen atoms in total. The van der Waals surface area contributed by atoms with E-state index in [0.29, 0.717) is 12.8 Å². The van der Waals surface area contributed by atoms with E-state index in [1.54, 1.807) is 0 Å². The van der Waals surface area contributed by atoms with Crippen LogP contribution in [0.3, 0.4) is 0 Å². The van der Waals surface area contributed by atoms with E-state index in [0.717, 1.165) is 6.42 Å². The van der Waals surface area contributed by atoms with E-state index in [1.165, 1.54) is 0 Å². The highest BCUT2D eigenvalue weighted by atomic mass is 16.4. The second kappa shape index (κ2) is 2.17. The number of nitrogens with one attached hydrogen (secondary N) is 1. The highest BCUT2D eigenvalue weighted by Crippen LogP contribution is 2.33. The number of aliphatic hydroxyl groups excluding tert-OH is 2. The summed E-state index contributed by atoms with van der Waals surface area (Å²) < 4.78 is 0. The first kappa shape index (κ1) is 7.49. The maximum Gasteiger partial charge on any atom is 0.168 e. The van der Waals surface area contributed by atoms with Crippen molar-refractivity contribution in [2.45, 2.75) is 43.2 Å². The third-order valence-corrected chi connectivity index (χ3v) is 2.75. The van der Waals surface area contributed by atoms with Crippen LogP contribution in [-0.2, 0) is 0 Å². The Hall–Kier alpha value is -0.160. The molecular formula is C7H13NO3. The van der Waals surface area contributed by atoms with Gasteiger partial charge in [0.25, 0.3) is 0 Å². The maximum atomic E-state index is 9.65. The van der Waals surface area contributed by atoms with Gasteiger partial charge in [0.1, 0.15) is 6.10 Å². The van der Waals surface area contributed by atoms with Crippen molar-refractivity contribution in [2.24, 2.45) is 0 Å². The molecule has 0 aliphatic carbocycles. The zero-order valence-electron chi connectivity index (χ0n) is 6.20. The van der Waals surface area contributed by atoms with Crippen molar-refractivity contribution in [1.82, 2.24) is 5.32 Å². The number of aliphatic hydroxyl groups is 3. The van der Waals surface area contributed by atoms with Crippen molar-refractivity contribution in [1.29, 1.82) is 0 Å². The number of fused-ring (bicyclic) bond motifs is 2. The molecule has 2 fully saturated rings. The summed E-state index contributed by atoms with van der Waals surface area (Å²) in [7, 11) is 0. The number of hydrogen-bond acceptors (Lipinski definition) is 4. The summed E-state index contributed by atoms with van der Waals surface area (Å²) in [6, 6.07) is 0.179. The molecule has 0 aromatic rings. The molecule has 2 heterocycles. The van der Waals surface area contributed by atoms with Gasteiger partial charge in [0, 0.05) is 6.04 Å². The monoisotopic (exact) mass is 159 g/mol. The van der Waals surface area contributed by atoms with Crippen molar-refractivity contribution in [3.63, 3.8) is 0 Å². The zero-order chi connectivity index (χ0) is 8.06. The predicted octanol–water partition coefficient (Wildman–Crippen LogP) is -1.45. The topological polar surface area (TPSA) is 72.7 Å². The van der Waals surface area contributed by atoms with Crippen LogP contribution in [0.25, 0.3) is 0 Å². The highest BCUT2D eigenvalue weighted by Gasteiger charge is 2.52. The Bertz CT molecular complexity index is 169. The minimum absolute atomic E-state index is 0.179. The molecule has 2 bridgehead atoms. The predicted molar refractivity (Wildman–Crippen MR) is 37.7 cm³/mol. The van der Waals surface area contributed by atoms with Gasteiger partial charge in [-0.3, -0.25) is 5.32 Å². The van der Waals surface area contributed by atoms with Crippen LogP contribution < -0.4 is 5.32 Å². The van der Waals surface area contributed by atoms with Crippen molar-refractivity contribution in [2.75, 3.05) is 0 Å². The summed E-state index contributed by atoms with van der Waals surface area (Å²) in [6.07, 6.45) is 0.320. The Balaban J connectivity index is 2.23. The van der Waals surface area contributed by atoms with Gasteiger partial charge in [0.15, 0.2) is 5.72 Å². The summed E-state index contributed by atoms with van der Waals surface area (Å²) in [5.41, 5.74) is -1.43. The summed E-state index contributed by atoms with van der Waals surface area (Å²) in [4.78, 5) is 0. The van der Waals surface area contributed by atoms with Crippen LogP contribution in [0.2, 0.25) is 0 Å². The van der Waals surface area contributed by atoms with Crippen molar-refractivity contribution >= 4 is 0 Å². The molecule has 4 N–H and O–H groups in total. The smallest absolute Gasteiger partial charge is 0.168 e. The molecule has 4 atom stereocenters. The number of hydrogen-bond donors (Lipinski definition) is 4. The molecule has 2 aliphatic heterocycles. The van der Waals surface area contributed by atoms with Crippen LogP contribution >= 0.6 is 0 Å². The van der Waals surface area contributed by atoms with Crippen molar-refractivity contribution < 1.29 is 15.3 Å². The lowest BCUT2D eigenvalue weighted by Crippen LogP contribution is -2.60. The van der Waals surface area contributed by atoms with Gasteiger partial charge in [-0.2, -0.15) is 0 Å². The molecule has 0 radical (unpaired) electrons. The van der Waals surface area contributed by atoms with Crippen molar-refractivity contribution in [3.8, 4) is 0 Å². The largest absolute Gasteiger partial charge is 0.389 e. The SMILES string of the molecule is O[C@@H]1CC[C@@H]2C[C@@H](O)[C@@]1(O)N2. The maximum absolute atomic E-state index is 9.65. The average molecular weight is 159 g/mol. The molecule has 0 amide bonds. The van der Waals surface area contributed by atoms with E-state index >= 15 is 0 Å². The third-order valence-electron chi connectivity index (χ3n) is 2.75. The molecule has 0 aromatic carbocycles. The third kappa shape index (κ3) is 0.906. The Morgan fingerprint density at radius 1 is 1.18 bits per heavy atom. The van der Waals surface area contributed by atoms with E-state index < -0.39 is 17.9 Å². The lowest BCUT2D eigenvalue weighted by atomic mass is 9.98. The molecule has 64 valence electrons. The Labute approximate surface area is 64.8 Å². The minimum atomic E-state index is -1.43. The first-order valence-corrected chi connectivity index (χ1v) is 3.99. The van der Waals surface area contributed by atoms with Crippen LogP contribution in [-0.4, -0.2) is 39.3 Å². The van der Waals surface area contributed by atoms with Gasteiger partial charge in [0.05, 0.1) is 6.10 Å². The van der Waals surface area contributed by atoms with E-state index in [2.05, 4.69) is 5.32 Å². The van der Waals surface area contributed by atoms with Gasteiger partial charge in [-0.25, -0.2) is 0 Å². The Morgan fingerprint density at radius 2 is 1.91 bits per heavy atom. The van der Waals surface area contributed by atoms with Gasteiger partial charge in [-0.1, -0.05) is 0 Å². The van der Waals surface area contributed by atoms with Gasteiger partial charge in [-0.05, 0) is 19.3 Å². The Kier molecular flexibility index (Phi) is 1.47. The summed E-state index contributed by atoms with van der Waals surface area (Å²) in [6.45, 7) is 0. The molecule has 11 heavy (non-hydrogen) atoms. The summed E-state index contributed by atoms with van der Waals surface area (Å²) >= 11 is 0. The fourth-order valence-corrected chi connectivity index (χ4v) is 2.02. The second-order valence-corrected chi connectivity index (χ2v) is 3.51. The molecule has 2 rings (SSSR count). The van der Waals surface area contributed by atoms with E-state index in [-0.39, 0.29) is 6.04 Å². The van der Waals surface area contributed by atoms with Crippen LogP contribution in [0.1, 0.15) is 19.3 Å². The lowest BCUT2D eigenvalue weighted by molar-refractivity contribution is -0.153. The fraction of sp³-hybridized carbons (Fsp3) is 1.00. The first-order valence-electron chi connectivity index (χ1n) is 3.99. The van der Waals surface area contributed by atoms with E-state index in [9.17, 15) is 15.3 Å². The quantitative estimate of drug-likeness (QED) is 0.349. The number of piperidine rings is 1. The van der Waals surface area contributed by atoms with E-state index in [1.807, 2.05) is 0 Å². The van der Waals surface area contributed by atoms with Gasteiger partial charge in [0.2, 0.25) is 0 Å². The molecule has 2 saturated heterocycles. The zero-order valence-corrected chi connectivity index (χ0v) is 6.20. The van der Waals surface area contributed by atoms with Crippen LogP contribution in [0, 0.1) is 0 Å². The van der Waals surface area contributed by atoms with Gasteiger partial charge < -0.3 is 15.3 Å². The lowest BCUT2D eigenvalue weighted by Gasteiger charge is -2.35. The van der Waals surface area contributed by atoms with Crippen LogP contribution in [0.4, 0.5) is 0 Å². The van der Waals surface area contributed by atoms with Crippen LogP contribution in [0.15, 0.2) is 0 Å². The van der Waals surface area contributed by atoms with Gasteiger partial charge >= 0.3 is 0 Å². The normalized spacial score (nSPS) is 56.5. The number of rotatable bonds is 0. The van der Waals surface area contributed by atoms with Gasteiger partial charge in [-0.15, -0.1) is 0 Å².